The van der Waals surface area contributed by atoms with E-state index < -0.39 is 5.97 Å². The first-order chi connectivity index (χ1) is 6.59. The molecule has 14 heavy (non-hydrogen) atoms. The Morgan fingerprint density at radius 2 is 1.86 bits per heavy atom. The average molecular weight is 190 g/mol. The minimum Gasteiger partial charge on any atom is -0.481 e. The summed E-state index contributed by atoms with van der Waals surface area (Å²) in [6.45, 7) is 2.06. The molecule has 0 aliphatic heterocycles. The van der Waals surface area contributed by atoms with E-state index >= 15 is 0 Å². The lowest BCUT2D eigenvalue weighted by atomic mass is 9.84. The van der Waals surface area contributed by atoms with Gasteiger partial charge in [0.1, 0.15) is 0 Å². The van der Waals surface area contributed by atoms with Crippen LogP contribution in [0.4, 0.5) is 0 Å². The van der Waals surface area contributed by atoms with Crippen LogP contribution in [0.3, 0.4) is 0 Å². The van der Waals surface area contributed by atoms with Crippen LogP contribution in [-0.2, 0) is 17.6 Å². The Bertz CT molecular complexity index is 343. The molecule has 0 saturated heterocycles. The van der Waals surface area contributed by atoms with E-state index in [0.29, 0.717) is 0 Å². The van der Waals surface area contributed by atoms with Crippen LogP contribution in [0.1, 0.15) is 24.5 Å². The first-order valence-electron chi connectivity index (χ1n) is 4.88. The number of carboxylic acids is 1. The predicted octanol–water partition coefficient (Wildman–Crippen LogP) is 2.27. The van der Waals surface area contributed by atoms with E-state index in [0.717, 1.165) is 12.8 Å². The van der Waals surface area contributed by atoms with Crippen LogP contribution in [0.5, 0.6) is 0 Å². The third-order valence-corrected chi connectivity index (χ3v) is 2.93. The molecule has 0 fully saturated rings. The highest BCUT2D eigenvalue weighted by molar-refractivity contribution is 5.68. The Morgan fingerprint density at radius 3 is 2.29 bits per heavy atom. The first-order valence-corrected chi connectivity index (χ1v) is 4.88. The molecule has 0 bridgehead atoms. The van der Waals surface area contributed by atoms with Gasteiger partial charge in [0, 0.05) is 0 Å². The monoisotopic (exact) mass is 190 g/mol. The number of aliphatic carboxylic acids is 1. The molecular formula is C12H14O2. The Morgan fingerprint density at radius 1 is 1.36 bits per heavy atom. The molecule has 0 saturated carbocycles. The van der Waals surface area contributed by atoms with Gasteiger partial charge in [-0.05, 0) is 29.4 Å². The largest absolute Gasteiger partial charge is 0.481 e. The summed E-state index contributed by atoms with van der Waals surface area (Å²) in [4.78, 5) is 10.7. The van der Waals surface area contributed by atoms with Gasteiger partial charge in [-0.25, -0.2) is 0 Å². The van der Waals surface area contributed by atoms with Gasteiger partial charge in [0.15, 0.2) is 0 Å². The van der Waals surface area contributed by atoms with Gasteiger partial charge < -0.3 is 5.11 Å². The lowest BCUT2D eigenvalue weighted by Crippen LogP contribution is -2.20. The molecule has 2 nitrogen and oxygen atoms in total. The van der Waals surface area contributed by atoms with Gasteiger partial charge in [-0.3, -0.25) is 4.79 Å². The van der Waals surface area contributed by atoms with Gasteiger partial charge in [-0.2, -0.15) is 0 Å². The summed E-state index contributed by atoms with van der Waals surface area (Å²) in [7, 11) is 0. The molecule has 2 heteroatoms. The number of rotatable bonds is 2. The lowest BCUT2D eigenvalue weighted by Gasteiger charge is -2.20. The van der Waals surface area contributed by atoms with Crippen molar-refractivity contribution in [2.24, 2.45) is 5.41 Å². The molecule has 2 rings (SSSR count). The number of hydrogen-bond acceptors (Lipinski definition) is 1. The fraction of sp³-hybridized carbons (Fsp3) is 0.417. The summed E-state index contributed by atoms with van der Waals surface area (Å²) in [5, 5.41) is 8.82. The van der Waals surface area contributed by atoms with E-state index in [-0.39, 0.29) is 11.8 Å². The quantitative estimate of drug-likeness (QED) is 0.776. The maximum absolute atomic E-state index is 10.7. The molecule has 1 aromatic carbocycles. The van der Waals surface area contributed by atoms with Gasteiger partial charge in [0.2, 0.25) is 0 Å². The topological polar surface area (TPSA) is 37.3 Å². The van der Waals surface area contributed by atoms with E-state index in [4.69, 9.17) is 5.11 Å². The minimum absolute atomic E-state index is 0.0739. The second kappa shape index (κ2) is 3.12. The van der Waals surface area contributed by atoms with Crippen LogP contribution in [-0.4, -0.2) is 11.1 Å². The van der Waals surface area contributed by atoms with Gasteiger partial charge in [0.25, 0.3) is 0 Å². The first kappa shape index (κ1) is 9.25. The lowest BCUT2D eigenvalue weighted by molar-refractivity contribution is -0.139. The van der Waals surface area contributed by atoms with Crippen LogP contribution < -0.4 is 0 Å². The van der Waals surface area contributed by atoms with Crippen LogP contribution >= 0.6 is 0 Å². The summed E-state index contributed by atoms with van der Waals surface area (Å²) in [6, 6.07) is 8.24. The van der Waals surface area contributed by atoms with Crippen molar-refractivity contribution in [1.29, 1.82) is 0 Å². The molecule has 0 atom stereocenters. The number of benzene rings is 1. The molecule has 0 unspecified atom stereocenters. The van der Waals surface area contributed by atoms with Gasteiger partial charge in [-0.15, -0.1) is 0 Å². The summed E-state index contributed by atoms with van der Waals surface area (Å²) >= 11 is 0. The third kappa shape index (κ3) is 1.65. The van der Waals surface area contributed by atoms with Crippen molar-refractivity contribution < 1.29 is 9.90 Å². The van der Waals surface area contributed by atoms with Crippen molar-refractivity contribution in [2.45, 2.75) is 26.2 Å². The maximum Gasteiger partial charge on any atom is 0.303 e. The second-order valence-corrected chi connectivity index (χ2v) is 4.50. The molecule has 1 N–H and O–H groups in total. The van der Waals surface area contributed by atoms with Gasteiger partial charge >= 0.3 is 5.97 Å². The molecular weight excluding hydrogens is 176 g/mol. The molecule has 0 aromatic heterocycles. The van der Waals surface area contributed by atoms with Gasteiger partial charge in [-0.1, -0.05) is 31.2 Å². The summed E-state index contributed by atoms with van der Waals surface area (Å²) in [6.07, 6.45) is 2.06. The molecule has 1 aliphatic carbocycles. The zero-order chi connectivity index (χ0) is 10.2. The highest BCUT2D eigenvalue weighted by atomic mass is 16.4. The summed E-state index contributed by atoms with van der Waals surface area (Å²) in [5.74, 6) is -0.694. The fourth-order valence-electron chi connectivity index (χ4n) is 2.37. The highest BCUT2D eigenvalue weighted by Crippen LogP contribution is 2.38. The third-order valence-electron chi connectivity index (χ3n) is 2.93. The molecule has 1 aliphatic rings. The molecule has 0 amide bonds. The van der Waals surface area contributed by atoms with Crippen molar-refractivity contribution >= 4 is 5.97 Å². The zero-order valence-corrected chi connectivity index (χ0v) is 8.29. The van der Waals surface area contributed by atoms with E-state index in [9.17, 15) is 4.79 Å². The maximum atomic E-state index is 10.7. The second-order valence-electron chi connectivity index (χ2n) is 4.50. The van der Waals surface area contributed by atoms with Crippen LogP contribution in [0.2, 0.25) is 0 Å². The Kier molecular flexibility index (Phi) is 2.06. The smallest absolute Gasteiger partial charge is 0.303 e. The minimum atomic E-state index is -0.694. The number of hydrogen-bond donors (Lipinski definition) is 1. The Balaban J connectivity index is 2.21. The van der Waals surface area contributed by atoms with Crippen molar-refractivity contribution in [3.8, 4) is 0 Å². The highest BCUT2D eigenvalue weighted by Gasteiger charge is 2.34. The molecule has 0 radical (unpaired) electrons. The van der Waals surface area contributed by atoms with Crippen molar-refractivity contribution in [3.63, 3.8) is 0 Å². The Hall–Kier alpha value is -1.31. The summed E-state index contributed by atoms with van der Waals surface area (Å²) < 4.78 is 0. The van der Waals surface area contributed by atoms with Crippen molar-refractivity contribution in [3.05, 3.63) is 35.4 Å². The molecule has 0 spiro atoms. The van der Waals surface area contributed by atoms with Gasteiger partial charge in [0.05, 0.1) is 6.42 Å². The number of carbonyl (C=O) groups is 1. The Labute approximate surface area is 83.6 Å². The average Bonchev–Trinajstić information content (AvgIpc) is 2.38. The summed E-state index contributed by atoms with van der Waals surface area (Å²) in [5.41, 5.74) is 2.56. The SMILES string of the molecule is CC1(CC(=O)O)Cc2ccccc2C1. The molecule has 0 heterocycles. The zero-order valence-electron chi connectivity index (χ0n) is 8.29. The van der Waals surface area contributed by atoms with Crippen molar-refractivity contribution in [2.75, 3.05) is 0 Å². The standard InChI is InChI=1S/C12H14O2/c1-12(8-11(13)14)6-9-4-2-3-5-10(9)7-12/h2-5H,6-8H2,1H3,(H,13,14). The van der Waals surface area contributed by atoms with E-state index in [2.05, 4.69) is 19.1 Å². The number of fused-ring (bicyclic) bond motifs is 1. The van der Waals surface area contributed by atoms with E-state index in [1.807, 2.05) is 12.1 Å². The predicted molar refractivity (Wildman–Crippen MR) is 54.2 cm³/mol. The number of carboxylic acid groups (broad SMARTS) is 1. The van der Waals surface area contributed by atoms with E-state index in [1.54, 1.807) is 0 Å². The molecule has 74 valence electrons. The normalized spacial score (nSPS) is 17.8. The van der Waals surface area contributed by atoms with Crippen LogP contribution in [0, 0.1) is 5.41 Å². The van der Waals surface area contributed by atoms with E-state index in [1.165, 1.54) is 11.1 Å². The van der Waals surface area contributed by atoms with Crippen molar-refractivity contribution in [1.82, 2.24) is 0 Å². The van der Waals surface area contributed by atoms with Crippen LogP contribution in [0.15, 0.2) is 24.3 Å². The molecule has 1 aromatic rings. The van der Waals surface area contributed by atoms with Crippen LogP contribution in [0.25, 0.3) is 0 Å². The fourth-order valence-corrected chi connectivity index (χ4v) is 2.37.